The number of hydrogen-bond acceptors (Lipinski definition) is 5. The summed E-state index contributed by atoms with van der Waals surface area (Å²) in [4.78, 5) is 12.8. The van der Waals surface area contributed by atoms with E-state index in [1.165, 1.54) is 6.07 Å². The number of Topliss-reactive ketones (excluding diaryl/α,β-unsaturated/α-hetero) is 1. The van der Waals surface area contributed by atoms with Gasteiger partial charge in [0.15, 0.2) is 12.6 Å². The van der Waals surface area contributed by atoms with Gasteiger partial charge in [-0.1, -0.05) is 29.8 Å². The molecule has 0 radical (unpaired) electrons. The average Bonchev–Trinajstić information content (AvgIpc) is 3.07. The summed E-state index contributed by atoms with van der Waals surface area (Å²) in [5.41, 5.74) is 2.30. The van der Waals surface area contributed by atoms with Gasteiger partial charge in [-0.25, -0.2) is 4.39 Å². The largest absolute Gasteiger partial charge is 0.489 e. The van der Waals surface area contributed by atoms with Crippen molar-refractivity contribution in [2.45, 2.75) is 13.2 Å². The summed E-state index contributed by atoms with van der Waals surface area (Å²) in [6, 6.07) is 14.8. The Hall–Kier alpha value is -3.35. The Morgan fingerprint density at radius 1 is 1.13 bits per heavy atom. The van der Waals surface area contributed by atoms with Crippen LogP contribution in [0.15, 0.2) is 60.4 Å². The normalized spacial score (nSPS) is 15.8. The number of carbonyl (C=O) groups excluding carboxylic acids is 1. The third-order valence-electron chi connectivity index (χ3n) is 4.98. The van der Waals surface area contributed by atoms with E-state index in [2.05, 4.69) is 0 Å². The summed E-state index contributed by atoms with van der Waals surface area (Å²) in [7, 11) is 0. The number of hydrogen-bond donors (Lipinski definition) is 0. The second kappa shape index (κ2) is 8.06. The molecule has 3 aromatic rings. The highest BCUT2D eigenvalue weighted by atomic mass is 35.5. The van der Waals surface area contributed by atoms with Crippen molar-refractivity contribution in [3.05, 3.63) is 93.5 Å². The van der Waals surface area contributed by atoms with Gasteiger partial charge in [-0.15, -0.1) is 0 Å². The lowest BCUT2D eigenvalue weighted by molar-refractivity contribution is -0.0165. The zero-order chi connectivity index (χ0) is 21.4. The van der Waals surface area contributed by atoms with Crippen molar-refractivity contribution in [1.29, 1.82) is 0 Å². The number of carbonyl (C=O) groups is 1. The Labute approximate surface area is 182 Å². The highest BCUT2D eigenvalue weighted by molar-refractivity contribution is 6.31. The average molecular weight is 439 g/mol. The maximum Gasteiger partial charge on any atom is 0.231 e. The van der Waals surface area contributed by atoms with Crippen LogP contribution < -0.4 is 14.2 Å². The van der Waals surface area contributed by atoms with E-state index in [0.29, 0.717) is 45.6 Å². The monoisotopic (exact) mass is 438 g/mol. The van der Waals surface area contributed by atoms with E-state index < -0.39 is 0 Å². The highest BCUT2D eigenvalue weighted by Gasteiger charge is 2.28. The first-order valence-corrected chi connectivity index (χ1v) is 9.94. The SMILES string of the molecule is O=C1/C(=C/c2cc(Cl)cc3c2OCOC3)Oc2cc(OCc3ccccc3F)ccc21. The van der Waals surface area contributed by atoms with Gasteiger partial charge < -0.3 is 18.9 Å². The Kier molecular flexibility index (Phi) is 5.10. The molecule has 0 fully saturated rings. The molecular formula is C24H16ClFO5. The van der Waals surface area contributed by atoms with Crippen LogP contribution >= 0.6 is 11.6 Å². The summed E-state index contributed by atoms with van der Waals surface area (Å²) in [5, 5.41) is 0.506. The van der Waals surface area contributed by atoms with Gasteiger partial charge in [0.1, 0.15) is 29.7 Å². The topological polar surface area (TPSA) is 54.0 Å². The van der Waals surface area contributed by atoms with Crippen LogP contribution in [0.1, 0.15) is 27.0 Å². The predicted molar refractivity (Wildman–Crippen MR) is 112 cm³/mol. The molecule has 7 heteroatoms. The van der Waals surface area contributed by atoms with E-state index in [-0.39, 0.29) is 30.8 Å². The number of halogens is 2. The molecule has 0 amide bonds. The fourth-order valence-corrected chi connectivity index (χ4v) is 3.74. The van der Waals surface area contributed by atoms with Crippen LogP contribution in [0.4, 0.5) is 4.39 Å². The molecule has 0 bridgehead atoms. The predicted octanol–water partition coefficient (Wildman–Crippen LogP) is 5.54. The van der Waals surface area contributed by atoms with Gasteiger partial charge in [0.2, 0.25) is 5.78 Å². The van der Waals surface area contributed by atoms with Crippen LogP contribution in [-0.4, -0.2) is 12.6 Å². The van der Waals surface area contributed by atoms with Crippen molar-refractivity contribution >= 4 is 23.5 Å². The molecule has 0 saturated heterocycles. The Morgan fingerprint density at radius 3 is 2.87 bits per heavy atom. The fourth-order valence-electron chi connectivity index (χ4n) is 3.49. The lowest BCUT2D eigenvalue weighted by Crippen LogP contribution is -2.12. The highest BCUT2D eigenvalue weighted by Crippen LogP contribution is 2.38. The number of fused-ring (bicyclic) bond motifs is 2. The number of allylic oxidation sites excluding steroid dienone is 1. The van der Waals surface area contributed by atoms with E-state index in [9.17, 15) is 9.18 Å². The minimum absolute atomic E-state index is 0.0656. The van der Waals surface area contributed by atoms with Crippen molar-refractivity contribution in [2.75, 3.05) is 6.79 Å². The van der Waals surface area contributed by atoms with E-state index in [1.54, 1.807) is 54.6 Å². The fraction of sp³-hybridized carbons (Fsp3) is 0.125. The second-order valence-corrected chi connectivity index (χ2v) is 7.51. The van der Waals surface area contributed by atoms with E-state index in [1.807, 2.05) is 0 Å². The van der Waals surface area contributed by atoms with Crippen LogP contribution in [0.25, 0.3) is 6.08 Å². The lowest BCUT2D eigenvalue weighted by Gasteiger charge is -2.20. The van der Waals surface area contributed by atoms with E-state index in [4.69, 9.17) is 30.5 Å². The minimum atomic E-state index is -0.335. The molecule has 5 rings (SSSR count). The maximum atomic E-state index is 13.8. The van der Waals surface area contributed by atoms with Crippen molar-refractivity contribution in [2.24, 2.45) is 0 Å². The zero-order valence-electron chi connectivity index (χ0n) is 16.2. The molecule has 0 unspecified atom stereocenters. The number of benzene rings is 3. The van der Waals surface area contributed by atoms with E-state index in [0.717, 1.165) is 5.56 Å². The third-order valence-corrected chi connectivity index (χ3v) is 5.20. The van der Waals surface area contributed by atoms with Gasteiger partial charge in [0.25, 0.3) is 0 Å². The zero-order valence-corrected chi connectivity index (χ0v) is 16.9. The molecule has 0 saturated carbocycles. The molecule has 0 spiro atoms. The molecule has 31 heavy (non-hydrogen) atoms. The molecule has 3 aromatic carbocycles. The smallest absolute Gasteiger partial charge is 0.231 e. The number of ether oxygens (including phenoxy) is 4. The van der Waals surface area contributed by atoms with Gasteiger partial charge >= 0.3 is 0 Å². The van der Waals surface area contributed by atoms with Crippen molar-refractivity contribution in [1.82, 2.24) is 0 Å². The molecule has 0 aromatic heterocycles. The molecule has 5 nitrogen and oxygen atoms in total. The first kappa shape index (κ1) is 19.6. The maximum absolute atomic E-state index is 13.8. The van der Waals surface area contributed by atoms with Crippen LogP contribution in [0.5, 0.6) is 17.2 Å². The van der Waals surface area contributed by atoms with Gasteiger partial charge in [0.05, 0.1) is 12.2 Å². The Bertz CT molecular complexity index is 1220. The second-order valence-electron chi connectivity index (χ2n) is 7.07. The summed E-state index contributed by atoms with van der Waals surface area (Å²) >= 11 is 6.20. The molecular weight excluding hydrogens is 423 g/mol. The van der Waals surface area contributed by atoms with Crippen molar-refractivity contribution in [3.8, 4) is 17.2 Å². The summed E-state index contributed by atoms with van der Waals surface area (Å²) < 4.78 is 36.1. The molecule has 2 aliphatic rings. The molecule has 0 aliphatic carbocycles. The lowest BCUT2D eigenvalue weighted by atomic mass is 10.1. The van der Waals surface area contributed by atoms with Crippen molar-refractivity contribution < 1.29 is 28.1 Å². The molecule has 0 atom stereocenters. The van der Waals surface area contributed by atoms with Gasteiger partial charge in [-0.2, -0.15) is 0 Å². The van der Waals surface area contributed by atoms with Crippen LogP contribution in [0.2, 0.25) is 5.02 Å². The van der Waals surface area contributed by atoms with Gasteiger partial charge in [-0.3, -0.25) is 4.79 Å². The summed E-state index contributed by atoms with van der Waals surface area (Å²) in [5.74, 6) is 1.03. The molecule has 2 heterocycles. The first-order chi connectivity index (χ1) is 15.1. The quantitative estimate of drug-likeness (QED) is 0.500. The third kappa shape index (κ3) is 3.87. The molecule has 156 valence electrons. The van der Waals surface area contributed by atoms with Crippen LogP contribution in [0, 0.1) is 5.82 Å². The first-order valence-electron chi connectivity index (χ1n) is 9.56. The minimum Gasteiger partial charge on any atom is -0.489 e. The van der Waals surface area contributed by atoms with Crippen LogP contribution in [0.3, 0.4) is 0 Å². The van der Waals surface area contributed by atoms with Crippen LogP contribution in [-0.2, 0) is 18.0 Å². The van der Waals surface area contributed by atoms with Crippen molar-refractivity contribution in [3.63, 3.8) is 0 Å². The summed E-state index contributed by atoms with van der Waals surface area (Å²) in [6.07, 6.45) is 1.61. The number of ketones is 1. The standard InChI is InChI=1S/C24H16ClFO5/c25-17-7-15(24-16(8-17)11-28-13-30-24)9-22-23(27)19-6-5-18(10-21(19)31-22)29-12-14-3-1-2-4-20(14)26/h1-10H,11-13H2/b22-9-. The Morgan fingerprint density at radius 2 is 2.00 bits per heavy atom. The van der Waals surface area contributed by atoms with Gasteiger partial charge in [0, 0.05) is 27.8 Å². The molecule has 2 aliphatic heterocycles. The Balaban J connectivity index is 1.39. The number of rotatable bonds is 4. The van der Waals surface area contributed by atoms with Gasteiger partial charge in [-0.05, 0) is 36.4 Å². The summed E-state index contributed by atoms with van der Waals surface area (Å²) in [6.45, 7) is 0.572. The molecule has 0 N–H and O–H groups in total. The van der Waals surface area contributed by atoms with E-state index >= 15 is 0 Å².